The lowest BCUT2D eigenvalue weighted by atomic mass is 9.99. The number of aromatic nitrogens is 3. The third-order valence-electron chi connectivity index (χ3n) is 3.72. The normalized spacial score (nSPS) is 18.0. The number of nitrogens with zero attached hydrogens (tertiary/aromatic N) is 3. The molecule has 0 aliphatic heterocycles. The molecule has 1 aliphatic carbocycles. The first kappa shape index (κ1) is 14.5. The van der Waals surface area contributed by atoms with Gasteiger partial charge < -0.3 is 5.32 Å². The molecule has 4 nitrogen and oxygen atoms in total. The van der Waals surface area contributed by atoms with Gasteiger partial charge in [-0.3, -0.25) is 0 Å². The van der Waals surface area contributed by atoms with Gasteiger partial charge in [-0.05, 0) is 44.9 Å². The van der Waals surface area contributed by atoms with Gasteiger partial charge in [-0.1, -0.05) is 13.8 Å². The predicted octanol–water partition coefficient (Wildman–Crippen LogP) is 2.64. The van der Waals surface area contributed by atoms with Gasteiger partial charge in [0.25, 0.3) is 0 Å². The van der Waals surface area contributed by atoms with E-state index in [-0.39, 0.29) is 5.54 Å². The first-order valence-corrected chi connectivity index (χ1v) is 7.41. The molecule has 0 radical (unpaired) electrons. The fourth-order valence-corrected chi connectivity index (χ4v) is 2.30. The minimum absolute atomic E-state index is 0.196. The molecule has 0 atom stereocenters. The Bertz CT molecular complexity index is 410. The maximum Gasteiger partial charge on any atom is 0.138 e. The highest BCUT2D eigenvalue weighted by Crippen LogP contribution is 2.47. The molecule has 0 aromatic carbocycles. The van der Waals surface area contributed by atoms with Gasteiger partial charge in [0.05, 0.1) is 0 Å². The summed E-state index contributed by atoms with van der Waals surface area (Å²) in [5.74, 6) is 1.77. The molecule has 1 saturated carbocycles. The summed E-state index contributed by atoms with van der Waals surface area (Å²) in [6, 6.07) is 0. The van der Waals surface area contributed by atoms with E-state index >= 15 is 0 Å². The van der Waals surface area contributed by atoms with Crippen molar-refractivity contribution >= 4 is 0 Å². The van der Waals surface area contributed by atoms with Crippen molar-refractivity contribution in [3.8, 4) is 0 Å². The lowest BCUT2D eigenvalue weighted by Gasteiger charge is -2.25. The summed E-state index contributed by atoms with van der Waals surface area (Å²) in [7, 11) is 0. The maximum absolute atomic E-state index is 4.46. The molecule has 2 rings (SSSR count). The predicted molar refractivity (Wildman–Crippen MR) is 78.0 cm³/mol. The lowest BCUT2D eigenvalue weighted by molar-refractivity contribution is 0.346. The second-order valence-electron chi connectivity index (χ2n) is 7.53. The van der Waals surface area contributed by atoms with Gasteiger partial charge in [-0.25, -0.2) is 9.67 Å². The van der Waals surface area contributed by atoms with Crippen LogP contribution in [-0.4, -0.2) is 26.8 Å². The summed E-state index contributed by atoms with van der Waals surface area (Å²) in [6.45, 7) is 13.2. The van der Waals surface area contributed by atoms with Crippen LogP contribution in [0.1, 0.15) is 53.3 Å². The van der Waals surface area contributed by atoms with E-state index < -0.39 is 0 Å². The van der Waals surface area contributed by atoms with Crippen LogP contribution in [0.25, 0.3) is 0 Å². The highest BCUT2D eigenvalue weighted by atomic mass is 15.3. The zero-order valence-corrected chi connectivity index (χ0v) is 13.0. The summed E-state index contributed by atoms with van der Waals surface area (Å²) in [5, 5.41) is 8.00. The average Bonchev–Trinajstić information content (AvgIpc) is 2.91. The monoisotopic (exact) mass is 264 g/mol. The molecular formula is C15H28N4. The van der Waals surface area contributed by atoms with E-state index in [2.05, 4.69) is 54.7 Å². The van der Waals surface area contributed by atoms with Crippen molar-refractivity contribution in [2.24, 2.45) is 11.3 Å². The number of hydrogen-bond donors (Lipinski definition) is 1. The summed E-state index contributed by atoms with van der Waals surface area (Å²) >= 11 is 0. The summed E-state index contributed by atoms with van der Waals surface area (Å²) in [6.07, 6.45) is 5.38. The van der Waals surface area contributed by atoms with E-state index in [1.54, 1.807) is 6.33 Å². The van der Waals surface area contributed by atoms with Crippen molar-refractivity contribution < 1.29 is 0 Å². The van der Waals surface area contributed by atoms with Crippen molar-refractivity contribution in [1.29, 1.82) is 0 Å². The van der Waals surface area contributed by atoms with Crippen LogP contribution in [0.15, 0.2) is 6.33 Å². The van der Waals surface area contributed by atoms with Crippen molar-refractivity contribution in [2.75, 3.05) is 6.54 Å². The van der Waals surface area contributed by atoms with Crippen LogP contribution in [0.4, 0.5) is 0 Å². The van der Waals surface area contributed by atoms with E-state index in [1.807, 2.05) is 0 Å². The van der Waals surface area contributed by atoms with Crippen LogP contribution < -0.4 is 5.32 Å². The Morgan fingerprint density at radius 1 is 1.37 bits per heavy atom. The minimum atomic E-state index is 0.196. The van der Waals surface area contributed by atoms with E-state index in [1.165, 1.54) is 12.8 Å². The molecule has 1 fully saturated rings. The molecule has 0 saturated heterocycles. The van der Waals surface area contributed by atoms with E-state index in [0.29, 0.717) is 11.3 Å². The second kappa shape index (κ2) is 5.23. The third-order valence-corrected chi connectivity index (χ3v) is 3.72. The zero-order chi connectivity index (χ0) is 14.1. The third kappa shape index (κ3) is 4.30. The molecule has 0 amide bonds. The first-order valence-electron chi connectivity index (χ1n) is 7.41. The number of hydrogen-bond acceptors (Lipinski definition) is 3. The highest BCUT2D eigenvalue weighted by Gasteiger charge is 2.43. The molecular weight excluding hydrogens is 236 g/mol. The van der Waals surface area contributed by atoms with Crippen LogP contribution in [0.5, 0.6) is 0 Å². The minimum Gasteiger partial charge on any atom is -0.312 e. The molecule has 1 aromatic heterocycles. The molecule has 0 bridgehead atoms. The topological polar surface area (TPSA) is 42.7 Å². The lowest BCUT2D eigenvalue weighted by Crippen LogP contribution is -2.40. The molecule has 1 aliphatic rings. The Morgan fingerprint density at radius 2 is 2.05 bits per heavy atom. The van der Waals surface area contributed by atoms with E-state index in [0.717, 1.165) is 25.3 Å². The standard InChI is InChI=1S/C15H28N4/c1-12(2)9-19-13(16-11-18-19)8-15(6-7-15)10-17-14(3,4)5/h11-12,17H,6-10H2,1-5H3. The molecule has 0 spiro atoms. The van der Waals surface area contributed by atoms with Crippen LogP contribution in [0.2, 0.25) is 0 Å². The zero-order valence-electron chi connectivity index (χ0n) is 13.0. The van der Waals surface area contributed by atoms with Crippen LogP contribution in [0.3, 0.4) is 0 Å². The largest absolute Gasteiger partial charge is 0.312 e. The first-order chi connectivity index (χ1) is 8.80. The van der Waals surface area contributed by atoms with Crippen LogP contribution >= 0.6 is 0 Å². The Kier molecular flexibility index (Phi) is 4.00. The Morgan fingerprint density at radius 3 is 2.58 bits per heavy atom. The van der Waals surface area contributed by atoms with Crippen molar-refractivity contribution in [3.05, 3.63) is 12.2 Å². The van der Waals surface area contributed by atoms with Gasteiger partial charge in [0.1, 0.15) is 12.2 Å². The van der Waals surface area contributed by atoms with Crippen LogP contribution in [-0.2, 0) is 13.0 Å². The molecule has 0 unspecified atom stereocenters. The summed E-state index contributed by atoms with van der Waals surface area (Å²) in [5.41, 5.74) is 0.621. The fourth-order valence-electron chi connectivity index (χ4n) is 2.30. The van der Waals surface area contributed by atoms with Gasteiger partial charge in [-0.2, -0.15) is 5.10 Å². The maximum atomic E-state index is 4.46. The van der Waals surface area contributed by atoms with Gasteiger partial charge in [0, 0.05) is 25.0 Å². The molecule has 1 heterocycles. The van der Waals surface area contributed by atoms with Gasteiger partial charge in [0.15, 0.2) is 0 Å². The van der Waals surface area contributed by atoms with E-state index in [9.17, 15) is 0 Å². The number of rotatable bonds is 6. The SMILES string of the molecule is CC(C)Cn1ncnc1CC1(CNC(C)(C)C)CC1. The van der Waals surface area contributed by atoms with Crippen molar-refractivity contribution in [3.63, 3.8) is 0 Å². The Hall–Kier alpha value is -0.900. The number of nitrogens with one attached hydrogen (secondary N) is 1. The molecule has 19 heavy (non-hydrogen) atoms. The van der Waals surface area contributed by atoms with Crippen molar-refractivity contribution in [1.82, 2.24) is 20.1 Å². The molecule has 1 N–H and O–H groups in total. The Balaban J connectivity index is 1.95. The van der Waals surface area contributed by atoms with E-state index in [4.69, 9.17) is 0 Å². The van der Waals surface area contributed by atoms with Crippen LogP contribution in [0, 0.1) is 11.3 Å². The molecule has 108 valence electrons. The smallest absolute Gasteiger partial charge is 0.138 e. The fraction of sp³-hybridized carbons (Fsp3) is 0.867. The van der Waals surface area contributed by atoms with Gasteiger partial charge in [-0.15, -0.1) is 0 Å². The quantitative estimate of drug-likeness (QED) is 0.859. The summed E-state index contributed by atoms with van der Waals surface area (Å²) in [4.78, 5) is 4.46. The summed E-state index contributed by atoms with van der Waals surface area (Å²) < 4.78 is 2.09. The van der Waals surface area contributed by atoms with Gasteiger partial charge in [0.2, 0.25) is 0 Å². The average molecular weight is 264 g/mol. The molecule has 4 heteroatoms. The molecule has 1 aromatic rings. The van der Waals surface area contributed by atoms with Gasteiger partial charge >= 0.3 is 0 Å². The second-order valence-corrected chi connectivity index (χ2v) is 7.53. The highest BCUT2D eigenvalue weighted by molar-refractivity contribution is 5.04. The Labute approximate surface area is 117 Å². The van der Waals surface area contributed by atoms with Crippen molar-refractivity contribution in [2.45, 2.75) is 66.0 Å².